The minimum atomic E-state index is -3.55. The van der Waals surface area contributed by atoms with Crippen molar-refractivity contribution >= 4 is 33.0 Å². The van der Waals surface area contributed by atoms with Gasteiger partial charge in [0.15, 0.2) is 8.68 Å². The molecule has 1 heterocycles. The predicted molar refractivity (Wildman–Crippen MR) is 81.7 cm³/mol. The normalized spacial score (nSPS) is 12.1. The van der Waals surface area contributed by atoms with Crippen molar-refractivity contribution in [2.45, 2.75) is 24.6 Å². The second-order valence-corrected chi connectivity index (χ2v) is 8.41. The van der Waals surface area contributed by atoms with Crippen molar-refractivity contribution in [2.24, 2.45) is 0 Å². The summed E-state index contributed by atoms with van der Waals surface area (Å²) in [4.78, 5) is 3.96. The van der Waals surface area contributed by atoms with Crippen LogP contribution < -0.4 is 0 Å². The molecule has 0 aliphatic rings. The Kier molecular flexibility index (Phi) is 4.49. The van der Waals surface area contributed by atoms with Crippen molar-refractivity contribution in [1.29, 1.82) is 0 Å². The molecule has 0 amide bonds. The zero-order chi connectivity index (χ0) is 14.9. The first-order valence-electron chi connectivity index (χ1n) is 5.95. The molecule has 108 valence electrons. The summed E-state index contributed by atoms with van der Waals surface area (Å²) in [7, 11) is -1.99. The minimum Gasteiger partial charge on any atom is -0.229 e. The molecular weight excluding hydrogens is 316 g/mol. The van der Waals surface area contributed by atoms with Gasteiger partial charge in [-0.25, -0.2) is 13.4 Å². The maximum Gasteiger partial charge on any atom is 0.254 e. The molecule has 0 N–H and O–H groups in total. The van der Waals surface area contributed by atoms with E-state index in [9.17, 15) is 8.42 Å². The van der Waals surface area contributed by atoms with Crippen LogP contribution in [0.1, 0.15) is 16.8 Å². The number of thiazole rings is 1. The fourth-order valence-corrected chi connectivity index (χ4v) is 4.97. The largest absolute Gasteiger partial charge is 0.254 e. The van der Waals surface area contributed by atoms with Gasteiger partial charge < -0.3 is 0 Å². The number of aromatic nitrogens is 1. The van der Waals surface area contributed by atoms with Gasteiger partial charge in [-0.2, -0.15) is 4.31 Å². The predicted octanol–water partition coefficient (Wildman–Crippen LogP) is 3.23. The van der Waals surface area contributed by atoms with Gasteiger partial charge in [0.05, 0.1) is 5.69 Å². The van der Waals surface area contributed by atoms with Crippen LogP contribution in [-0.2, 0) is 16.6 Å². The van der Waals surface area contributed by atoms with Crippen LogP contribution in [0.25, 0.3) is 0 Å². The summed E-state index contributed by atoms with van der Waals surface area (Å²) in [6.45, 7) is 3.94. The average Bonchev–Trinajstić information content (AvgIpc) is 2.69. The monoisotopic (exact) mass is 330 g/mol. The van der Waals surface area contributed by atoms with E-state index in [0.29, 0.717) is 12.2 Å². The van der Waals surface area contributed by atoms with Crippen molar-refractivity contribution in [2.75, 3.05) is 7.05 Å². The highest BCUT2D eigenvalue weighted by Gasteiger charge is 2.26. The van der Waals surface area contributed by atoms with Gasteiger partial charge in [0.1, 0.15) is 0 Å². The zero-order valence-corrected chi connectivity index (χ0v) is 13.8. The highest BCUT2D eigenvalue weighted by molar-refractivity contribution is 7.91. The van der Waals surface area contributed by atoms with E-state index in [1.54, 1.807) is 14.0 Å². The minimum absolute atomic E-state index is 0.206. The first-order valence-corrected chi connectivity index (χ1v) is 8.59. The smallest absolute Gasteiger partial charge is 0.229 e. The Bertz CT molecular complexity index is 726. The lowest BCUT2D eigenvalue weighted by Gasteiger charge is -2.16. The number of halogens is 1. The second-order valence-electron chi connectivity index (χ2n) is 4.59. The number of hydrogen-bond acceptors (Lipinski definition) is 4. The van der Waals surface area contributed by atoms with Gasteiger partial charge >= 0.3 is 0 Å². The van der Waals surface area contributed by atoms with E-state index < -0.39 is 10.0 Å². The Balaban J connectivity index is 2.28. The molecule has 0 saturated carbocycles. The van der Waals surface area contributed by atoms with Crippen LogP contribution in [0.15, 0.2) is 28.5 Å². The Morgan fingerprint density at radius 3 is 2.60 bits per heavy atom. The van der Waals surface area contributed by atoms with E-state index in [-0.39, 0.29) is 8.68 Å². The van der Waals surface area contributed by atoms with Crippen LogP contribution in [0, 0.1) is 13.8 Å². The van der Waals surface area contributed by atoms with Crippen LogP contribution >= 0.6 is 22.9 Å². The maximum atomic E-state index is 12.5. The maximum absolute atomic E-state index is 12.5. The molecule has 2 aromatic rings. The third kappa shape index (κ3) is 3.20. The van der Waals surface area contributed by atoms with E-state index in [1.807, 2.05) is 31.2 Å². The summed E-state index contributed by atoms with van der Waals surface area (Å²) in [5, 5.41) is 0. The lowest BCUT2D eigenvalue weighted by atomic mass is 10.1. The summed E-state index contributed by atoms with van der Waals surface area (Å²) >= 11 is 6.77. The SMILES string of the molecule is Cc1cccc(CN(C)S(=O)(=O)c2sc(Cl)nc2C)c1. The van der Waals surface area contributed by atoms with Crippen LogP contribution in [0.3, 0.4) is 0 Å². The number of hydrogen-bond donors (Lipinski definition) is 0. The molecule has 0 aliphatic heterocycles. The van der Waals surface area contributed by atoms with E-state index in [4.69, 9.17) is 11.6 Å². The van der Waals surface area contributed by atoms with E-state index in [2.05, 4.69) is 4.98 Å². The first kappa shape index (κ1) is 15.4. The number of benzene rings is 1. The van der Waals surface area contributed by atoms with E-state index >= 15 is 0 Å². The van der Waals surface area contributed by atoms with E-state index in [1.165, 1.54) is 4.31 Å². The van der Waals surface area contributed by atoms with Crippen molar-refractivity contribution in [1.82, 2.24) is 9.29 Å². The molecule has 0 spiro atoms. The fraction of sp³-hybridized carbons (Fsp3) is 0.308. The van der Waals surface area contributed by atoms with Gasteiger partial charge in [0.2, 0.25) is 0 Å². The summed E-state index contributed by atoms with van der Waals surface area (Å²) in [5.41, 5.74) is 2.49. The average molecular weight is 331 g/mol. The van der Waals surface area contributed by atoms with E-state index in [0.717, 1.165) is 22.5 Å². The summed E-state index contributed by atoms with van der Waals surface area (Å²) in [6, 6.07) is 7.77. The molecule has 1 aromatic carbocycles. The quantitative estimate of drug-likeness (QED) is 0.864. The Labute approximate surface area is 128 Å². The summed E-state index contributed by atoms with van der Waals surface area (Å²) in [5.74, 6) is 0. The van der Waals surface area contributed by atoms with Crippen LogP contribution in [0.5, 0.6) is 0 Å². The van der Waals surface area contributed by atoms with Gasteiger partial charge in [-0.15, -0.1) is 0 Å². The molecule has 0 saturated heterocycles. The lowest BCUT2D eigenvalue weighted by molar-refractivity contribution is 0.468. The standard InChI is InChI=1S/C13H15ClN2O2S2/c1-9-5-4-6-11(7-9)8-16(3)20(17,18)12-10(2)15-13(14)19-12/h4-7H,8H2,1-3H3. The lowest BCUT2D eigenvalue weighted by Crippen LogP contribution is -2.26. The molecule has 0 aliphatic carbocycles. The number of aryl methyl sites for hydroxylation is 2. The molecule has 7 heteroatoms. The van der Waals surface area contributed by atoms with Crippen LogP contribution in [-0.4, -0.2) is 24.8 Å². The number of sulfonamides is 1. The van der Waals surface area contributed by atoms with Gasteiger partial charge in [-0.1, -0.05) is 52.8 Å². The third-order valence-corrected chi connectivity index (χ3v) is 6.51. The molecule has 2 rings (SSSR count). The van der Waals surface area contributed by atoms with Crippen LogP contribution in [0.2, 0.25) is 4.47 Å². The highest BCUT2D eigenvalue weighted by Crippen LogP contribution is 2.29. The van der Waals surface area contributed by atoms with Crippen molar-refractivity contribution < 1.29 is 8.42 Å². The molecular formula is C13H15ClN2O2S2. The van der Waals surface area contributed by atoms with Gasteiger partial charge in [0.25, 0.3) is 10.0 Å². The van der Waals surface area contributed by atoms with Gasteiger partial charge in [-0.05, 0) is 19.4 Å². The molecule has 20 heavy (non-hydrogen) atoms. The molecule has 0 bridgehead atoms. The topological polar surface area (TPSA) is 50.3 Å². The Hall–Kier alpha value is -0.950. The highest BCUT2D eigenvalue weighted by atomic mass is 35.5. The molecule has 0 fully saturated rings. The van der Waals surface area contributed by atoms with Crippen molar-refractivity contribution in [3.63, 3.8) is 0 Å². The van der Waals surface area contributed by atoms with Gasteiger partial charge in [-0.3, -0.25) is 0 Å². The third-order valence-electron chi connectivity index (χ3n) is 2.86. The van der Waals surface area contributed by atoms with Crippen LogP contribution in [0.4, 0.5) is 0 Å². The Morgan fingerprint density at radius 1 is 1.35 bits per heavy atom. The first-order chi connectivity index (χ1) is 9.30. The van der Waals surface area contributed by atoms with Crippen molar-refractivity contribution in [3.8, 4) is 0 Å². The Morgan fingerprint density at radius 2 is 2.05 bits per heavy atom. The van der Waals surface area contributed by atoms with Crippen molar-refractivity contribution in [3.05, 3.63) is 45.6 Å². The fourth-order valence-electron chi connectivity index (χ4n) is 1.88. The molecule has 0 radical (unpaired) electrons. The number of rotatable bonds is 4. The molecule has 0 unspecified atom stereocenters. The number of nitrogens with zero attached hydrogens (tertiary/aromatic N) is 2. The molecule has 4 nitrogen and oxygen atoms in total. The van der Waals surface area contributed by atoms with Gasteiger partial charge in [0, 0.05) is 13.6 Å². The zero-order valence-electron chi connectivity index (χ0n) is 11.4. The molecule has 1 aromatic heterocycles. The molecule has 0 atom stereocenters. The summed E-state index contributed by atoms with van der Waals surface area (Å²) < 4.78 is 26.8. The second kappa shape index (κ2) is 5.81. The summed E-state index contributed by atoms with van der Waals surface area (Å²) in [6.07, 6.45) is 0.